The number of fused-ring (bicyclic) bond motifs is 1. The summed E-state index contributed by atoms with van der Waals surface area (Å²) >= 11 is 0. The fourth-order valence-corrected chi connectivity index (χ4v) is 3.59. The van der Waals surface area contributed by atoms with Gasteiger partial charge in [0.25, 0.3) is 0 Å². The van der Waals surface area contributed by atoms with Crippen molar-refractivity contribution in [1.82, 2.24) is 9.55 Å². The zero-order valence-corrected chi connectivity index (χ0v) is 12.0. The number of carboxylic acid groups (broad SMARTS) is 1. The van der Waals surface area contributed by atoms with E-state index in [-0.39, 0.29) is 12.1 Å². The minimum atomic E-state index is -0.899. The van der Waals surface area contributed by atoms with E-state index in [9.17, 15) is 9.90 Å². The number of nitrogens with zero attached hydrogens (tertiary/aromatic N) is 2. The molecule has 1 aliphatic carbocycles. The molecule has 2 heterocycles. The van der Waals surface area contributed by atoms with Crippen LogP contribution in [0.2, 0.25) is 0 Å². The van der Waals surface area contributed by atoms with Gasteiger partial charge in [0.2, 0.25) is 0 Å². The van der Waals surface area contributed by atoms with E-state index in [4.69, 9.17) is 4.74 Å². The maximum absolute atomic E-state index is 11.5. The van der Waals surface area contributed by atoms with Crippen LogP contribution in [0, 0.1) is 12.8 Å². The van der Waals surface area contributed by atoms with Crippen LogP contribution in [0.25, 0.3) is 11.0 Å². The van der Waals surface area contributed by atoms with E-state index in [1.807, 2.05) is 13.0 Å². The summed E-state index contributed by atoms with van der Waals surface area (Å²) in [4.78, 5) is 16.1. The number of hydrogen-bond acceptors (Lipinski definition) is 3. The Kier molecular flexibility index (Phi) is 2.79. The van der Waals surface area contributed by atoms with E-state index in [0.29, 0.717) is 11.5 Å². The van der Waals surface area contributed by atoms with Crippen molar-refractivity contribution in [2.45, 2.75) is 38.3 Å². The molecule has 110 valence electrons. The number of aryl methyl sites for hydroxylation is 1. The lowest BCUT2D eigenvalue weighted by Crippen LogP contribution is -2.23. The van der Waals surface area contributed by atoms with Gasteiger partial charge >= 0.3 is 5.97 Å². The average Bonchev–Trinajstić information content (AvgIpc) is 3.09. The predicted octanol–water partition coefficient (Wildman–Crippen LogP) is 2.78. The quantitative estimate of drug-likeness (QED) is 0.942. The van der Waals surface area contributed by atoms with Gasteiger partial charge in [0.05, 0.1) is 28.7 Å². The number of carbonyl (C=O) groups is 1. The van der Waals surface area contributed by atoms with Gasteiger partial charge < -0.3 is 14.4 Å². The summed E-state index contributed by atoms with van der Waals surface area (Å²) in [6.45, 7) is 2.70. The van der Waals surface area contributed by atoms with Gasteiger partial charge in [-0.3, -0.25) is 0 Å². The van der Waals surface area contributed by atoms with Crippen molar-refractivity contribution in [3.8, 4) is 0 Å². The van der Waals surface area contributed by atoms with Crippen molar-refractivity contribution < 1.29 is 14.6 Å². The van der Waals surface area contributed by atoms with Crippen LogP contribution < -0.4 is 0 Å². The van der Waals surface area contributed by atoms with Crippen molar-refractivity contribution >= 4 is 17.0 Å². The second kappa shape index (κ2) is 4.56. The third-order valence-electron chi connectivity index (χ3n) is 4.64. The highest BCUT2D eigenvalue weighted by atomic mass is 16.5. The van der Waals surface area contributed by atoms with E-state index in [2.05, 4.69) is 9.55 Å². The first kappa shape index (κ1) is 12.8. The van der Waals surface area contributed by atoms with Crippen molar-refractivity contribution in [3.05, 3.63) is 29.6 Å². The monoisotopic (exact) mass is 286 g/mol. The Balaban J connectivity index is 1.91. The van der Waals surface area contributed by atoms with Crippen molar-refractivity contribution in [2.75, 3.05) is 6.61 Å². The van der Waals surface area contributed by atoms with Crippen LogP contribution in [0.4, 0.5) is 0 Å². The molecule has 5 heteroatoms. The van der Waals surface area contributed by atoms with Gasteiger partial charge in [0.15, 0.2) is 0 Å². The van der Waals surface area contributed by atoms with Crippen LogP contribution >= 0.6 is 0 Å². The summed E-state index contributed by atoms with van der Waals surface area (Å²) in [7, 11) is 0. The molecular weight excluding hydrogens is 268 g/mol. The minimum Gasteiger partial charge on any atom is -0.478 e. The predicted molar refractivity (Wildman–Crippen MR) is 77.5 cm³/mol. The molecule has 5 nitrogen and oxygen atoms in total. The minimum absolute atomic E-state index is 0.211. The second-order valence-electron chi connectivity index (χ2n) is 6.04. The Morgan fingerprint density at radius 1 is 1.38 bits per heavy atom. The van der Waals surface area contributed by atoms with Crippen molar-refractivity contribution in [2.24, 2.45) is 5.92 Å². The number of imidazole rings is 1. The summed E-state index contributed by atoms with van der Waals surface area (Å²) in [6, 6.07) is 5.51. The number of benzene rings is 1. The van der Waals surface area contributed by atoms with Gasteiger partial charge in [-0.05, 0) is 44.2 Å². The van der Waals surface area contributed by atoms with Gasteiger partial charge in [-0.1, -0.05) is 6.07 Å². The van der Waals surface area contributed by atoms with E-state index in [1.165, 1.54) is 12.8 Å². The van der Waals surface area contributed by atoms with Gasteiger partial charge in [-0.15, -0.1) is 0 Å². The Morgan fingerprint density at radius 2 is 2.19 bits per heavy atom. The molecule has 1 saturated carbocycles. The van der Waals surface area contributed by atoms with Crippen LogP contribution in [-0.2, 0) is 4.74 Å². The second-order valence-corrected chi connectivity index (χ2v) is 6.04. The van der Waals surface area contributed by atoms with Crippen LogP contribution in [-0.4, -0.2) is 33.3 Å². The molecule has 1 aliphatic heterocycles. The molecule has 1 saturated heterocycles. The zero-order valence-electron chi connectivity index (χ0n) is 12.0. The standard InChI is InChI=1S/C16H18N2O3/c1-9-17-12-4-2-3-11(16(19)20)14(12)18(9)13-7-8-21-15(13)10-5-6-10/h2-4,10,13,15H,5-8H2,1H3,(H,19,20). The van der Waals surface area contributed by atoms with E-state index < -0.39 is 5.97 Å². The maximum Gasteiger partial charge on any atom is 0.337 e. The molecule has 2 atom stereocenters. The first-order valence-electron chi connectivity index (χ1n) is 7.49. The van der Waals surface area contributed by atoms with Crippen molar-refractivity contribution in [3.63, 3.8) is 0 Å². The van der Waals surface area contributed by atoms with Crippen LogP contribution in [0.15, 0.2) is 18.2 Å². The lowest BCUT2D eigenvalue weighted by atomic mass is 10.0. The molecule has 2 unspecified atom stereocenters. The molecule has 1 N–H and O–H groups in total. The number of carboxylic acids is 1. The molecule has 0 radical (unpaired) electrons. The summed E-state index contributed by atoms with van der Waals surface area (Å²) < 4.78 is 8.03. The fraction of sp³-hybridized carbons (Fsp3) is 0.500. The molecule has 21 heavy (non-hydrogen) atoms. The molecule has 1 aromatic heterocycles. The summed E-state index contributed by atoms with van der Waals surface area (Å²) in [5.41, 5.74) is 1.83. The Morgan fingerprint density at radius 3 is 2.90 bits per heavy atom. The van der Waals surface area contributed by atoms with Crippen LogP contribution in [0.1, 0.15) is 41.5 Å². The zero-order chi connectivity index (χ0) is 14.6. The SMILES string of the molecule is Cc1nc2cccc(C(=O)O)c2n1C1CCOC1C1CC1. The smallest absolute Gasteiger partial charge is 0.337 e. The average molecular weight is 286 g/mol. The Bertz CT molecular complexity index is 718. The molecule has 2 aromatic rings. The molecule has 0 bridgehead atoms. The molecule has 1 aromatic carbocycles. The highest BCUT2D eigenvalue weighted by Gasteiger charge is 2.42. The fourth-order valence-electron chi connectivity index (χ4n) is 3.59. The summed E-state index contributed by atoms with van der Waals surface area (Å²) in [5, 5.41) is 9.47. The largest absolute Gasteiger partial charge is 0.478 e. The molecule has 2 aliphatic rings. The number of para-hydroxylation sites is 1. The highest BCUT2D eigenvalue weighted by Crippen LogP contribution is 2.44. The van der Waals surface area contributed by atoms with E-state index >= 15 is 0 Å². The van der Waals surface area contributed by atoms with Gasteiger partial charge in [-0.25, -0.2) is 9.78 Å². The Hall–Kier alpha value is -1.88. The topological polar surface area (TPSA) is 64.3 Å². The summed E-state index contributed by atoms with van der Waals surface area (Å²) in [5.74, 6) is 0.606. The van der Waals surface area contributed by atoms with Gasteiger partial charge in [0, 0.05) is 6.61 Å². The first-order chi connectivity index (χ1) is 10.2. The lowest BCUT2D eigenvalue weighted by molar-refractivity contribution is 0.0694. The van der Waals surface area contributed by atoms with Gasteiger partial charge in [-0.2, -0.15) is 0 Å². The number of aromatic nitrogens is 2. The van der Waals surface area contributed by atoms with E-state index in [1.54, 1.807) is 12.1 Å². The normalized spacial score (nSPS) is 25.6. The lowest BCUT2D eigenvalue weighted by Gasteiger charge is -2.22. The first-order valence-corrected chi connectivity index (χ1v) is 7.49. The third-order valence-corrected chi connectivity index (χ3v) is 4.64. The van der Waals surface area contributed by atoms with Gasteiger partial charge in [0.1, 0.15) is 5.82 Å². The molecule has 4 rings (SSSR count). The highest BCUT2D eigenvalue weighted by molar-refractivity contribution is 6.01. The summed E-state index contributed by atoms with van der Waals surface area (Å²) in [6.07, 6.45) is 3.58. The Labute approximate surface area is 122 Å². The maximum atomic E-state index is 11.5. The molecule has 0 spiro atoms. The molecule has 2 fully saturated rings. The number of hydrogen-bond donors (Lipinski definition) is 1. The number of aromatic carboxylic acids is 1. The number of ether oxygens (including phenoxy) is 1. The molecular formula is C16H18N2O3. The van der Waals surface area contributed by atoms with Crippen LogP contribution in [0.5, 0.6) is 0 Å². The third kappa shape index (κ3) is 1.95. The van der Waals surface area contributed by atoms with Crippen LogP contribution in [0.3, 0.4) is 0 Å². The van der Waals surface area contributed by atoms with E-state index in [0.717, 1.165) is 29.9 Å². The molecule has 0 amide bonds. The number of rotatable bonds is 3. The van der Waals surface area contributed by atoms with Crippen molar-refractivity contribution in [1.29, 1.82) is 0 Å².